The van der Waals surface area contributed by atoms with Gasteiger partial charge in [0.15, 0.2) is 19.0 Å². The molecule has 0 amide bonds. The van der Waals surface area contributed by atoms with E-state index in [1.807, 2.05) is 0 Å². The average Bonchev–Trinajstić information content (AvgIpc) is 2.53. The lowest BCUT2D eigenvalue weighted by Gasteiger charge is -2.24. The summed E-state index contributed by atoms with van der Waals surface area (Å²) in [5, 5.41) is 10.8. The summed E-state index contributed by atoms with van der Waals surface area (Å²) in [4.78, 5) is 0. The van der Waals surface area contributed by atoms with E-state index in [2.05, 4.69) is 0 Å². The van der Waals surface area contributed by atoms with Crippen LogP contribution in [0.15, 0.2) is 0 Å². The maximum atomic E-state index is 10.8. The molecule has 1 unspecified atom stereocenters. The normalized spacial score (nSPS) is 34.6. The van der Waals surface area contributed by atoms with Crippen LogP contribution in [0.5, 0.6) is 0 Å². The van der Waals surface area contributed by atoms with Crippen LogP contribution in [0.25, 0.3) is 0 Å². The molecule has 0 radical (unpaired) electrons. The third kappa shape index (κ3) is 2.42. The first-order valence-corrected chi connectivity index (χ1v) is 4.89. The fraction of sp³-hybridized carbons (Fsp3) is 0.889. The second kappa shape index (κ2) is 4.07. The summed E-state index contributed by atoms with van der Waals surface area (Å²) in [7, 11) is 0. The van der Waals surface area contributed by atoms with Crippen LogP contribution in [0.2, 0.25) is 0 Å². The predicted molar refractivity (Wildman–Crippen MR) is 47.6 cm³/mol. The van der Waals surface area contributed by atoms with E-state index in [9.17, 15) is 5.21 Å². The first kappa shape index (κ1) is 8.97. The van der Waals surface area contributed by atoms with Gasteiger partial charge in [-0.15, -0.1) is 0 Å². The molecule has 2 aliphatic rings. The van der Waals surface area contributed by atoms with E-state index < -0.39 is 0 Å². The summed E-state index contributed by atoms with van der Waals surface area (Å²) < 4.78 is 12.0. The molecule has 2 rings (SSSR count). The van der Waals surface area contributed by atoms with E-state index in [0.29, 0.717) is 6.54 Å². The molecule has 2 aliphatic heterocycles. The topological polar surface area (TPSA) is 44.5 Å². The van der Waals surface area contributed by atoms with Crippen LogP contribution < -0.4 is 0 Å². The highest BCUT2D eigenvalue weighted by atomic mass is 16.7. The lowest BCUT2D eigenvalue weighted by Crippen LogP contribution is -2.29. The van der Waals surface area contributed by atoms with Gasteiger partial charge in [-0.05, 0) is 19.3 Å². The van der Waals surface area contributed by atoms with E-state index in [0.717, 1.165) is 30.6 Å². The van der Waals surface area contributed by atoms with Crippen LogP contribution in [0.1, 0.15) is 25.7 Å². The van der Waals surface area contributed by atoms with Crippen molar-refractivity contribution in [1.82, 2.24) is 0 Å². The van der Waals surface area contributed by atoms with Gasteiger partial charge < -0.3 is 14.7 Å². The molecule has 4 heteroatoms. The molecule has 0 spiro atoms. The molecular formula is C9H15NO3. The van der Waals surface area contributed by atoms with Gasteiger partial charge >= 0.3 is 0 Å². The Kier molecular flexibility index (Phi) is 2.80. The van der Waals surface area contributed by atoms with E-state index in [1.165, 1.54) is 6.42 Å². The maximum Gasteiger partial charge on any atom is 0.179 e. The first-order chi connectivity index (χ1) is 6.34. The Bertz CT molecular complexity index is 199. The highest BCUT2D eigenvalue weighted by molar-refractivity contribution is 5.53. The first-order valence-electron chi connectivity index (χ1n) is 4.89. The monoisotopic (exact) mass is 185 g/mol. The van der Waals surface area contributed by atoms with Crippen LogP contribution >= 0.6 is 0 Å². The largest absolute Gasteiger partial charge is 0.624 e. The molecular weight excluding hydrogens is 170 g/mol. The average molecular weight is 185 g/mol. The second-order valence-corrected chi connectivity index (χ2v) is 3.57. The van der Waals surface area contributed by atoms with Gasteiger partial charge in [0.25, 0.3) is 0 Å². The molecule has 0 saturated carbocycles. The van der Waals surface area contributed by atoms with E-state index in [1.54, 1.807) is 6.21 Å². The molecule has 4 nitrogen and oxygen atoms in total. The van der Waals surface area contributed by atoms with Crippen molar-refractivity contribution in [3.63, 3.8) is 0 Å². The van der Waals surface area contributed by atoms with Gasteiger partial charge in [0.2, 0.25) is 0 Å². The molecule has 0 aliphatic carbocycles. The summed E-state index contributed by atoms with van der Waals surface area (Å²) in [6, 6.07) is 0. The van der Waals surface area contributed by atoms with Gasteiger partial charge in [0.05, 0.1) is 6.42 Å². The van der Waals surface area contributed by atoms with Gasteiger partial charge in [-0.25, -0.2) is 4.74 Å². The zero-order chi connectivity index (χ0) is 9.10. The Morgan fingerprint density at radius 1 is 1.46 bits per heavy atom. The van der Waals surface area contributed by atoms with Crippen molar-refractivity contribution >= 4 is 6.21 Å². The summed E-state index contributed by atoms with van der Waals surface area (Å²) in [6.45, 7) is 1.25. The Morgan fingerprint density at radius 3 is 3.00 bits per heavy atom. The fourth-order valence-corrected chi connectivity index (χ4v) is 1.72. The van der Waals surface area contributed by atoms with E-state index in [-0.39, 0.29) is 12.4 Å². The highest BCUT2D eigenvalue weighted by Crippen LogP contribution is 2.17. The molecule has 74 valence electrons. The van der Waals surface area contributed by atoms with Crippen LogP contribution in [-0.2, 0) is 9.47 Å². The molecule has 0 aromatic heterocycles. The lowest BCUT2D eigenvalue weighted by atomic mass is 10.2. The van der Waals surface area contributed by atoms with Crippen molar-refractivity contribution in [3.8, 4) is 0 Å². The van der Waals surface area contributed by atoms with Gasteiger partial charge in [0, 0.05) is 6.61 Å². The molecule has 2 atom stereocenters. The third-order valence-corrected chi connectivity index (χ3v) is 2.44. The minimum atomic E-state index is -0.0707. The Labute approximate surface area is 77.7 Å². The Morgan fingerprint density at radius 2 is 2.38 bits per heavy atom. The third-order valence-electron chi connectivity index (χ3n) is 2.44. The van der Waals surface area contributed by atoms with Crippen molar-refractivity contribution in [2.75, 3.05) is 13.2 Å². The van der Waals surface area contributed by atoms with E-state index >= 15 is 0 Å². The number of hydrogen-bond donors (Lipinski definition) is 0. The van der Waals surface area contributed by atoms with Crippen molar-refractivity contribution < 1.29 is 14.2 Å². The summed E-state index contributed by atoms with van der Waals surface area (Å²) >= 11 is 0. The molecule has 1 saturated heterocycles. The molecule has 0 bridgehead atoms. The standard InChI is InChI=1S/C9H15NO3/c11-10-5-4-8(7-10)13-9-3-1-2-6-12-9/h5,8-9H,1-4,6-7H2/t8-,9?/m0/s1. The number of rotatable bonds is 2. The van der Waals surface area contributed by atoms with E-state index in [4.69, 9.17) is 9.47 Å². The molecule has 13 heavy (non-hydrogen) atoms. The van der Waals surface area contributed by atoms with Crippen LogP contribution in [0.4, 0.5) is 0 Å². The van der Waals surface area contributed by atoms with Gasteiger partial charge in [-0.1, -0.05) is 0 Å². The minimum Gasteiger partial charge on any atom is -0.624 e. The van der Waals surface area contributed by atoms with Crippen molar-refractivity contribution in [1.29, 1.82) is 0 Å². The lowest BCUT2D eigenvalue weighted by molar-refractivity contribution is -0.456. The second-order valence-electron chi connectivity index (χ2n) is 3.57. The summed E-state index contributed by atoms with van der Waals surface area (Å²) in [5.74, 6) is 0. The number of hydroxylamine groups is 1. The van der Waals surface area contributed by atoms with Crippen LogP contribution in [0.3, 0.4) is 0 Å². The fourth-order valence-electron chi connectivity index (χ4n) is 1.72. The van der Waals surface area contributed by atoms with Crippen LogP contribution in [0, 0.1) is 5.21 Å². The van der Waals surface area contributed by atoms with Crippen molar-refractivity contribution in [2.45, 2.75) is 38.1 Å². The van der Waals surface area contributed by atoms with Gasteiger partial charge in [-0.3, -0.25) is 0 Å². The summed E-state index contributed by atoms with van der Waals surface area (Å²) in [5.41, 5.74) is 0. The zero-order valence-corrected chi connectivity index (χ0v) is 7.65. The Balaban J connectivity index is 1.72. The van der Waals surface area contributed by atoms with Crippen LogP contribution in [-0.4, -0.2) is 36.5 Å². The number of nitrogens with zero attached hydrogens (tertiary/aromatic N) is 1. The summed E-state index contributed by atoms with van der Waals surface area (Å²) in [6.07, 6.45) is 5.60. The minimum absolute atomic E-state index is 0.0422. The molecule has 1 fully saturated rings. The smallest absolute Gasteiger partial charge is 0.179 e. The molecule has 0 aromatic rings. The van der Waals surface area contributed by atoms with Crippen molar-refractivity contribution in [3.05, 3.63) is 5.21 Å². The van der Waals surface area contributed by atoms with Gasteiger partial charge in [-0.2, -0.15) is 0 Å². The highest BCUT2D eigenvalue weighted by Gasteiger charge is 2.25. The van der Waals surface area contributed by atoms with Gasteiger partial charge in [0.1, 0.15) is 6.10 Å². The molecule has 2 heterocycles. The predicted octanol–water partition coefficient (Wildman–Crippen LogP) is 0.883. The maximum absolute atomic E-state index is 10.8. The molecule has 0 N–H and O–H groups in total. The Hall–Kier alpha value is -0.610. The number of hydrogen-bond acceptors (Lipinski definition) is 3. The quantitative estimate of drug-likeness (QED) is 0.474. The van der Waals surface area contributed by atoms with Crippen molar-refractivity contribution in [2.24, 2.45) is 0 Å². The molecule has 0 aromatic carbocycles. The zero-order valence-electron chi connectivity index (χ0n) is 7.65. The SMILES string of the molecule is [O-][N+]1=CC[C@H](OC2CCCCO2)C1. The number of ether oxygens (including phenoxy) is 2.